The molecule has 1 aromatic rings. The topological polar surface area (TPSA) is 81.4 Å². The zero-order valence-electron chi connectivity index (χ0n) is 9.63. The third-order valence-electron chi connectivity index (χ3n) is 1.99. The molecule has 0 bridgehead atoms. The number of esters is 1. The molecule has 0 aromatic heterocycles. The van der Waals surface area contributed by atoms with Crippen molar-refractivity contribution in [2.75, 3.05) is 18.9 Å². The van der Waals surface area contributed by atoms with Crippen LogP contribution in [-0.2, 0) is 9.53 Å². The molecule has 0 saturated heterocycles. The quantitative estimate of drug-likeness (QED) is 0.655. The second-order valence-electron chi connectivity index (χ2n) is 3.35. The Morgan fingerprint density at radius 1 is 1.39 bits per heavy atom. The van der Waals surface area contributed by atoms with Gasteiger partial charge in [-0.2, -0.15) is 0 Å². The van der Waals surface area contributed by atoms with E-state index in [1.807, 2.05) is 0 Å². The second-order valence-corrected chi connectivity index (χ2v) is 4.14. The number of nitrogens with two attached hydrogens (primary N) is 1. The lowest BCUT2D eigenvalue weighted by Crippen LogP contribution is -2.30. The van der Waals surface area contributed by atoms with Crippen LogP contribution in [0.4, 0.5) is 5.69 Å². The Morgan fingerprint density at radius 2 is 2.06 bits per heavy atom. The predicted octanol–water partition coefficient (Wildman–Crippen LogP) is 1.87. The third kappa shape index (κ3) is 3.78. The molecule has 0 atom stereocenters. The standard InChI is InChI=1S/C11H12Cl2N2O3/c1-2-18-9(16)5-15-11(17)7-3-6(14)4-8(12)10(7)13/h3-4H,2,5,14H2,1H3,(H,15,17). The lowest BCUT2D eigenvalue weighted by molar-refractivity contribution is -0.141. The highest BCUT2D eigenvalue weighted by Crippen LogP contribution is 2.28. The van der Waals surface area contributed by atoms with E-state index in [9.17, 15) is 9.59 Å². The largest absolute Gasteiger partial charge is 0.465 e. The number of benzene rings is 1. The van der Waals surface area contributed by atoms with E-state index in [1.165, 1.54) is 12.1 Å². The predicted molar refractivity (Wildman–Crippen MR) is 69.8 cm³/mol. The van der Waals surface area contributed by atoms with Crippen LogP contribution in [0.5, 0.6) is 0 Å². The van der Waals surface area contributed by atoms with Gasteiger partial charge in [0, 0.05) is 5.69 Å². The van der Waals surface area contributed by atoms with Crippen LogP contribution in [0.3, 0.4) is 0 Å². The Hall–Kier alpha value is -1.46. The van der Waals surface area contributed by atoms with Crippen LogP contribution in [0.15, 0.2) is 12.1 Å². The van der Waals surface area contributed by atoms with E-state index in [2.05, 4.69) is 10.1 Å². The summed E-state index contributed by atoms with van der Waals surface area (Å²) >= 11 is 11.7. The van der Waals surface area contributed by atoms with Crippen molar-refractivity contribution in [2.45, 2.75) is 6.92 Å². The highest BCUT2D eigenvalue weighted by molar-refractivity contribution is 6.44. The number of nitrogens with one attached hydrogen (secondary N) is 1. The fourth-order valence-electron chi connectivity index (χ4n) is 1.23. The molecule has 98 valence electrons. The molecular weight excluding hydrogens is 279 g/mol. The van der Waals surface area contributed by atoms with Crippen molar-refractivity contribution in [3.05, 3.63) is 27.7 Å². The molecule has 3 N–H and O–H groups in total. The minimum atomic E-state index is -0.540. The van der Waals surface area contributed by atoms with Gasteiger partial charge in [-0.15, -0.1) is 0 Å². The number of carbonyl (C=O) groups excluding carboxylic acids is 2. The fraction of sp³-hybridized carbons (Fsp3) is 0.273. The summed E-state index contributed by atoms with van der Waals surface area (Å²) in [5.74, 6) is -1.07. The number of amides is 1. The summed E-state index contributed by atoms with van der Waals surface area (Å²) in [6.45, 7) is 1.68. The molecule has 7 heteroatoms. The van der Waals surface area contributed by atoms with Crippen LogP contribution in [0.1, 0.15) is 17.3 Å². The molecule has 5 nitrogen and oxygen atoms in total. The second kappa shape index (κ2) is 6.47. The maximum atomic E-state index is 11.8. The fourth-order valence-corrected chi connectivity index (χ4v) is 1.66. The van der Waals surface area contributed by atoms with E-state index in [1.54, 1.807) is 6.92 Å². The SMILES string of the molecule is CCOC(=O)CNC(=O)c1cc(N)cc(Cl)c1Cl. The Kier molecular flexibility index (Phi) is 5.25. The average molecular weight is 291 g/mol. The van der Waals surface area contributed by atoms with Crippen LogP contribution >= 0.6 is 23.2 Å². The van der Waals surface area contributed by atoms with Crippen molar-refractivity contribution in [1.82, 2.24) is 5.32 Å². The number of anilines is 1. The summed E-state index contributed by atoms with van der Waals surface area (Å²) in [5.41, 5.74) is 5.98. The van der Waals surface area contributed by atoms with Gasteiger partial charge < -0.3 is 15.8 Å². The van der Waals surface area contributed by atoms with E-state index in [0.29, 0.717) is 5.69 Å². The normalized spacial score (nSPS) is 9.94. The van der Waals surface area contributed by atoms with Gasteiger partial charge >= 0.3 is 5.97 Å². The van der Waals surface area contributed by atoms with Crippen LogP contribution < -0.4 is 11.1 Å². The average Bonchev–Trinajstić information content (AvgIpc) is 2.31. The van der Waals surface area contributed by atoms with Crippen molar-refractivity contribution in [1.29, 1.82) is 0 Å². The van der Waals surface area contributed by atoms with Crippen molar-refractivity contribution in [3.63, 3.8) is 0 Å². The van der Waals surface area contributed by atoms with E-state index in [0.717, 1.165) is 0 Å². The first kappa shape index (κ1) is 14.6. The zero-order valence-corrected chi connectivity index (χ0v) is 11.1. The van der Waals surface area contributed by atoms with Crippen LogP contribution in [0, 0.1) is 0 Å². The van der Waals surface area contributed by atoms with Crippen LogP contribution in [0.25, 0.3) is 0 Å². The molecule has 0 spiro atoms. The number of nitrogen functional groups attached to an aromatic ring is 1. The third-order valence-corrected chi connectivity index (χ3v) is 2.80. The van der Waals surface area contributed by atoms with Gasteiger partial charge in [-0.1, -0.05) is 23.2 Å². The molecule has 0 aliphatic rings. The molecule has 0 heterocycles. The molecule has 1 amide bonds. The van der Waals surface area contributed by atoms with Crippen molar-refractivity contribution in [3.8, 4) is 0 Å². The Labute approximate surface area is 114 Å². The summed E-state index contributed by atoms with van der Waals surface area (Å²) in [6.07, 6.45) is 0. The number of halogens is 2. The van der Waals surface area contributed by atoms with Gasteiger partial charge in [-0.05, 0) is 19.1 Å². The van der Waals surface area contributed by atoms with Gasteiger partial charge in [0.05, 0.1) is 22.2 Å². The summed E-state index contributed by atoms with van der Waals surface area (Å²) < 4.78 is 4.67. The number of ether oxygens (including phenoxy) is 1. The lowest BCUT2D eigenvalue weighted by atomic mass is 10.2. The van der Waals surface area contributed by atoms with E-state index in [4.69, 9.17) is 28.9 Å². The Balaban J connectivity index is 2.76. The maximum Gasteiger partial charge on any atom is 0.325 e. The smallest absolute Gasteiger partial charge is 0.325 e. The molecule has 1 aromatic carbocycles. The van der Waals surface area contributed by atoms with Gasteiger partial charge in [-0.25, -0.2) is 0 Å². The van der Waals surface area contributed by atoms with Gasteiger partial charge in [0.1, 0.15) is 6.54 Å². The molecule has 0 radical (unpaired) electrons. The summed E-state index contributed by atoms with van der Waals surface area (Å²) in [7, 11) is 0. The molecule has 1 rings (SSSR count). The summed E-state index contributed by atoms with van der Waals surface area (Å²) in [5, 5.41) is 2.64. The van der Waals surface area contributed by atoms with Crippen LogP contribution in [0.2, 0.25) is 10.0 Å². The summed E-state index contributed by atoms with van der Waals surface area (Å²) in [6, 6.07) is 2.82. The van der Waals surface area contributed by atoms with E-state index < -0.39 is 11.9 Å². The Bertz CT molecular complexity index is 478. The number of carbonyl (C=O) groups is 2. The molecular formula is C11H12Cl2N2O3. The van der Waals surface area contributed by atoms with E-state index >= 15 is 0 Å². The molecule has 0 saturated carbocycles. The highest BCUT2D eigenvalue weighted by atomic mass is 35.5. The minimum Gasteiger partial charge on any atom is -0.465 e. The molecule has 0 fully saturated rings. The van der Waals surface area contributed by atoms with Crippen molar-refractivity contribution < 1.29 is 14.3 Å². The number of rotatable bonds is 4. The molecule has 0 unspecified atom stereocenters. The molecule has 0 aliphatic heterocycles. The first-order chi connectivity index (χ1) is 8.45. The van der Waals surface area contributed by atoms with Crippen molar-refractivity contribution in [2.24, 2.45) is 0 Å². The Morgan fingerprint density at radius 3 is 2.67 bits per heavy atom. The monoisotopic (exact) mass is 290 g/mol. The van der Waals surface area contributed by atoms with Crippen molar-refractivity contribution >= 4 is 40.8 Å². The van der Waals surface area contributed by atoms with Gasteiger partial charge in [-0.3, -0.25) is 9.59 Å². The zero-order chi connectivity index (χ0) is 13.7. The van der Waals surface area contributed by atoms with E-state index in [-0.39, 0.29) is 28.8 Å². The summed E-state index contributed by atoms with van der Waals surface area (Å²) in [4.78, 5) is 22.8. The van der Waals surface area contributed by atoms with Gasteiger partial charge in [0.15, 0.2) is 0 Å². The first-order valence-electron chi connectivity index (χ1n) is 5.14. The maximum absolute atomic E-state index is 11.8. The first-order valence-corrected chi connectivity index (χ1v) is 5.89. The van der Waals surface area contributed by atoms with Crippen LogP contribution in [-0.4, -0.2) is 25.0 Å². The molecule has 0 aliphatic carbocycles. The highest BCUT2D eigenvalue weighted by Gasteiger charge is 2.15. The van der Waals surface area contributed by atoms with Gasteiger partial charge in [0.25, 0.3) is 5.91 Å². The number of hydrogen-bond donors (Lipinski definition) is 2. The minimum absolute atomic E-state index is 0.0900. The van der Waals surface area contributed by atoms with Gasteiger partial charge in [0.2, 0.25) is 0 Å². The molecule has 18 heavy (non-hydrogen) atoms. The lowest BCUT2D eigenvalue weighted by Gasteiger charge is -2.08. The number of hydrogen-bond acceptors (Lipinski definition) is 4.